The van der Waals surface area contributed by atoms with Crippen molar-refractivity contribution in [3.8, 4) is 11.5 Å². The molecule has 0 N–H and O–H groups in total. The van der Waals surface area contributed by atoms with Crippen molar-refractivity contribution in [2.75, 3.05) is 13.2 Å². The Morgan fingerprint density at radius 3 is 2.68 bits per heavy atom. The molecule has 3 heterocycles. The van der Waals surface area contributed by atoms with Crippen LogP contribution in [0.15, 0.2) is 47.8 Å². The van der Waals surface area contributed by atoms with Gasteiger partial charge >= 0.3 is 0 Å². The van der Waals surface area contributed by atoms with Gasteiger partial charge in [-0.05, 0) is 42.8 Å². The zero-order chi connectivity index (χ0) is 19.1. The summed E-state index contributed by atoms with van der Waals surface area (Å²) in [4.78, 5) is 9.61. The van der Waals surface area contributed by atoms with Gasteiger partial charge in [0.15, 0.2) is 11.5 Å². The normalized spacial score (nSPS) is 13.9. The van der Waals surface area contributed by atoms with E-state index in [1.54, 1.807) is 11.3 Å². The molecule has 0 amide bonds. The van der Waals surface area contributed by atoms with Gasteiger partial charge in [-0.2, -0.15) is 0 Å². The molecule has 0 unspecified atom stereocenters. The van der Waals surface area contributed by atoms with Crippen molar-refractivity contribution >= 4 is 34.0 Å². The summed E-state index contributed by atoms with van der Waals surface area (Å²) in [7, 11) is 2.04. The highest BCUT2D eigenvalue weighted by molar-refractivity contribution is 7.11. The number of thiazole rings is 1. The van der Waals surface area contributed by atoms with E-state index in [9.17, 15) is 0 Å². The molecule has 6 heteroatoms. The van der Waals surface area contributed by atoms with Gasteiger partial charge in [-0.1, -0.05) is 18.2 Å². The molecule has 1 aliphatic heterocycles. The zero-order valence-electron chi connectivity index (χ0n) is 15.7. The predicted octanol–water partition coefficient (Wildman–Crippen LogP) is 4.70. The standard InChI is InChI=1S/C22H19N3O2S/c1-14-13-28-22(23-14)16(21-24-17-5-3-4-6-18(17)25(21)2)11-15-7-8-19-20(12-15)27-10-9-26-19/h3-8,11-13H,9-10H2,1-2H3/b16-11-. The van der Waals surface area contributed by atoms with Gasteiger partial charge in [0, 0.05) is 18.1 Å². The predicted molar refractivity (Wildman–Crippen MR) is 112 cm³/mol. The largest absolute Gasteiger partial charge is 0.486 e. The summed E-state index contributed by atoms with van der Waals surface area (Å²) in [5.41, 5.74) is 5.10. The van der Waals surface area contributed by atoms with Crippen molar-refractivity contribution in [1.29, 1.82) is 0 Å². The van der Waals surface area contributed by atoms with Crippen LogP contribution in [0.3, 0.4) is 0 Å². The maximum Gasteiger partial charge on any atom is 0.161 e. The van der Waals surface area contributed by atoms with Crippen LogP contribution in [0.4, 0.5) is 0 Å². The van der Waals surface area contributed by atoms with Crippen molar-refractivity contribution in [2.24, 2.45) is 7.05 Å². The second-order valence-corrected chi connectivity index (χ2v) is 7.60. The minimum absolute atomic E-state index is 0.573. The molecule has 140 valence electrons. The van der Waals surface area contributed by atoms with Gasteiger partial charge < -0.3 is 14.0 Å². The average Bonchev–Trinajstić information content (AvgIpc) is 3.30. The summed E-state index contributed by atoms with van der Waals surface area (Å²) in [5.74, 6) is 2.46. The van der Waals surface area contributed by atoms with Crippen LogP contribution >= 0.6 is 11.3 Å². The Morgan fingerprint density at radius 2 is 1.89 bits per heavy atom. The molecular formula is C22H19N3O2S. The highest BCUT2D eigenvalue weighted by Crippen LogP contribution is 2.34. The number of hydrogen-bond donors (Lipinski definition) is 0. The molecule has 0 saturated carbocycles. The molecule has 0 bridgehead atoms. The fraction of sp³-hybridized carbons (Fsp3) is 0.182. The van der Waals surface area contributed by atoms with E-state index < -0.39 is 0 Å². The first kappa shape index (κ1) is 17.0. The maximum atomic E-state index is 5.74. The minimum Gasteiger partial charge on any atom is -0.486 e. The fourth-order valence-electron chi connectivity index (χ4n) is 3.40. The Balaban J connectivity index is 1.68. The van der Waals surface area contributed by atoms with Crippen LogP contribution in [0, 0.1) is 6.92 Å². The van der Waals surface area contributed by atoms with E-state index in [2.05, 4.69) is 22.1 Å². The topological polar surface area (TPSA) is 49.2 Å². The zero-order valence-corrected chi connectivity index (χ0v) is 16.5. The lowest BCUT2D eigenvalue weighted by Gasteiger charge is -2.18. The number of imidazole rings is 1. The molecular weight excluding hydrogens is 370 g/mol. The van der Waals surface area contributed by atoms with Crippen molar-refractivity contribution in [2.45, 2.75) is 6.92 Å². The molecule has 0 spiro atoms. The van der Waals surface area contributed by atoms with Crippen LogP contribution in [0.2, 0.25) is 0 Å². The quantitative estimate of drug-likeness (QED) is 0.510. The first-order chi connectivity index (χ1) is 13.7. The van der Waals surface area contributed by atoms with Gasteiger partial charge in [-0.25, -0.2) is 9.97 Å². The molecule has 0 aliphatic carbocycles. The minimum atomic E-state index is 0.573. The lowest BCUT2D eigenvalue weighted by atomic mass is 10.1. The third kappa shape index (κ3) is 2.96. The summed E-state index contributed by atoms with van der Waals surface area (Å²) in [6, 6.07) is 14.2. The van der Waals surface area contributed by atoms with Gasteiger partial charge in [0.2, 0.25) is 0 Å². The smallest absolute Gasteiger partial charge is 0.161 e. The van der Waals surface area contributed by atoms with E-state index in [4.69, 9.17) is 19.4 Å². The van der Waals surface area contributed by atoms with E-state index in [-0.39, 0.29) is 0 Å². The summed E-state index contributed by atoms with van der Waals surface area (Å²) in [5, 5.41) is 3.01. The van der Waals surface area contributed by atoms with Crippen LogP contribution in [-0.2, 0) is 7.05 Å². The van der Waals surface area contributed by atoms with Crippen molar-refractivity contribution in [3.63, 3.8) is 0 Å². The van der Waals surface area contributed by atoms with Crippen molar-refractivity contribution < 1.29 is 9.47 Å². The van der Waals surface area contributed by atoms with Crippen LogP contribution in [-0.4, -0.2) is 27.7 Å². The Bertz CT molecular complexity index is 1210. The Hall–Kier alpha value is -3.12. The summed E-state index contributed by atoms with van der Waals surface area (Å²) >= 11 is 1.63. The third-order valence-corrected chi connectivity index (χ3v) is 5.75. The Labute approximate surface area is 166 Å². The van der Waals surface area contributed by atoms with E-state index in [1.807, 2.05) is 50.4 Å². The monoisotopic (exact) mass is 389 g/mol. The van der Waals surface area contributed by atoms with Gasteiger partial charge in [0.1, 0.15) is 24.0 Å². The molecule has 2 aromatic carbocycles. The van der Waals surface area contributed by atoms with E-state index in [1.165, 1.54) is 0 Å². The number of fused-ring (bicyclic) bond motifs is 2. The first-order valence-corrected chi connectivity index (χ1v) is 10.0. The van der Waals surface area contributed by atoms with E-state index in [0.29, 0.717) is 13.2 Å². The summed E-state index contributed by atoms with van der Waals surface area (Å²) in [6.07, 6.45) is 2.12. The Morgan fingerprint density at radius 1 is 1.07 bits per heavy atom. The second kappa shape index (κ2) is 6.80. The first-order valence-electron chi connectivity index (χ1n) is 9.15. The number of nitrogens with zero attached hydrogens (tertiary/aromatic N) is 3. The van der Waals surface area contributed by atoms with Gasteiger partial charge in [0.25, 0.3) is 0 Å². The molecule has 1 aliphatic rings. The van der Waals surface area contributed by atoms with Gasteiger partial charge in [-0.3, -0.25) is 0 Å². The third-order valence-electron chi connectivity index (χ3n) is 4.75. The fourth-order valence-corrected chi connectivity index (χ4v) is 4.21. The molecule has 5 rings (SSSR count). The SMILES string of the molecule is Cc1csc(/C(=C\c2ccc3c(c2)OCCO3)c2nc3ccccc3n2C)n1. The molecule has 2 aromatic heterocycles. The molecule has 0 fully saturated rings. The van der Waals surface area contributed by atoms with Gasteiger partial charge in [-0.15, -0.1) is 11.3 Å². The number of aromatic nitrogens is 3. The van der Waals surface area contributed by atoms with Crippen molar-refractivity contribution in [3.05, 3.63) is 69.9 Å². The maximum absolute atomic E-state index is 5.74. The molecule has 4 aromatic rings. The van der Waals surface area contributed by atoms with Crippen LogP contribution in [0.5, 0.6) is 11.5 Å². The average molecular weight is 389 g/mol. The number of aryl methyl sites for hydroxylation is 2. The molecule has 0 saturated heterocycles. The molecule has 5 nitrogen and oxygen atoms in total. The molecule has 28 heavy (non-hydrogen) atoms. The van der Waals surface area contributed by atoms with E-state index in [0.717, 1.165) is 50.2 Å². The van der Waals surface area contributed by atoms with Crippen LogP contribution in [0.25, 0.3) is 22.7 Å². The summed E-state index contributed by atoms with van der Waals surface area (Å²) < 4.78 is 13.5. The number of para-hydroxylation sites is 2. The summed E-state index contributed by atoms with van der Waals surface area (Å²) in [6.45, 7) is 3.17. The van der Waals surface area contributed by atoms with Crippen molar-refractivity contribution in [1.82, 2.24) is 14.5 Å². The number of rotatable bonds is 3. The lowest BCUT2D eigenvalue weighted by molar-refractivity contribution is 0.171. The lowest BCUT2D eigenvalue weighted by Crippen LogP contribution is -2.15. The number of ether oxygens (including phenoxy) is 2. The second-order valence-electron chi connectivity index (χ2n) is 6.74. The number of benzene rings is 2. The highest BCUT2D eigenvalue weighted by Gasteiger charge is 2.18. The highest BCUT2D eigenvalue weighted by atomic mass is 32.1. The van der Waals surface area contributed by atoms with Crippen LogP contribution in [0.1, 0.15) is 22.1 Å². The van der Waals surface area contributed by atoms with Crippen LogP contribution < -0.4 is 9.47 Å². The number of hydrogen-bond acceptors (Lipinski definition) is 5. The molecule has 0 atom stereocenters. The van der Waals surface area contributed by atoms with Gasteiger partial charge in [0.05, 0.1) is 16.6 Å². The Kier molecular flexibility index (Phi) is 4.13. The van der Waals surface area contributed by atoms with E-state index >= 15 is 0 Å². The molecule has 0 radical (unpaired) electrons.